The van der Waals surface area contributed by atoms with Gasteiger partial charge in [-0.15, -0.1) is 0 Å². The van der Waals surface area contributed by atoms with E-state index in [-0.39, 0.29) is 40.0 Å². The van der Waals surface area contributed by atoms with Crippen LogP contribution in [0.4, 0.5) is 10.1 Å². The number of nitrogens with zero attached hydrogens (tertiary/aromatic N) is 2. The maximum absolute atomic E-state index is 15.6. The molecule has 3 aromatic carbocycles. The minimum Gasteiger partial charge on any atom is -0.472 e. The highest BCUT2D eigenvalue weighted by Gasteiger charge is 2.30. The van der Waals surface area contributed by atoms with Crippen LogP contribution in [-0.4, -0.2) is 63.1 Å². The molecule has 0 aliphatic carbocycles. The molecule has 0 radical (unpaired) electrons. The number of benzene rings is 3. The van der Waals surface area contributed by atoms with E-state index < -0.39 is 17.7 Å². The second-order valence-electron chi connectivity index (χ2n) is 9.59. The van der Waals surface area contributed by atoms with Crippen molar-refractivity contribution in [2.24, 2.45) is 5.73 Å². The summed E-state index contributed by atoms with van der Waals surface area (Å²) in [5.74, 6) is -1.28. The maximum atomic E-state index is 15.6. The molecule has 0 bridgehead atoms. The molecule has 0 spiro atoms. The average Bonchev–Trinajstić information content (AvgIpc) is 3.00. The summed E-state index contributed by atoms with van der Waals surface area (Å²) in [5.41, 5.74) is 8.59. The fourth-order valence-corrected chi connectivity index (χ4v) is 5.70. The summed E-state index contributed by atoms with van der Waals surface area (Å²) in [6.07, 6.45) is 2.31. The quantitative estimate of drug-likeness (QED) is 0.284. The summed E-state index contributed by atoms with van der Waals surface area (Å²) in [6.45, 7) is 2.04. The maximum Gasteiger partial charge on any atom is 0.340 e. The van der Waals surface area contributed by atoms with Crippen LogP contribution in [0.2, 0.25) is 10.0 Å². The Labute approximate surface area is 251 Å². The van der Waals surface area contributed by atoms with Crippen molar-refractivity contribution in [1.82, 2.24) is 4.90 Å². The van der Waals surface area contributed by atoms with Gasteiger partial charge < -0.3 is 35.2 Å². The molecular weight excluding hydrogens is 586 g/mol. The Bertz CT molecular complexity index is 1580. The molecule has 0 atom stereocenters. The fourth-order valence-electron chi connectivity index (χ4n) is 5.05. The average molecular weight is 613 g/mol. The number of rotatable bonds is 6. The Hall–Kier alpha value is -4.12. The van der Waals surface area contributed by atoms with Crippen molar-refractivity contribution in [2.75, 3.05) is 45.0 Å². The van der Waals surface area contributed by atoms with Gasteiger partial charge in [0.1, 0.15) is 11.6 Å². The third-order valence-corrected chi connectivity index (χ3v) is 7.76. The molecule has 9 nitrogen and oxygen atoms in total. The minimum atomic E-state index is -0.638. The third kappa shape index (κ3) is 5.53. The van der Waals surface area contributed by atoms with Crippen molar-refractivity contribution < 1.29 is 28.2 Å². The van der Waals surface area contributed by atoms with Gasteiger partial charge >= 0.3 is 5.97 Å². The molecule has 218 valence electrons. The molecular formula is C30H27Cl2FN4O5. The summed E-state index contributed by atoms with van der Waals surface area (Å²) in [6, 6.07) is 11.1. The molecule has 3 aromatic rings. The number of morpholine rings is 1. The third-order valence-electron chi connectivity index (χ3n) is 7.17. The number of methoxy groups -OCH3 is 1. The van der Waals surface area contributed by atoms with Gasteiger partial charge in [0.15, 0.2) is 6.73 Å². The number of carbonyl (C=O) groups is 2. The van der Waals surface area contributed by atoms with E-state index in [4.69, 9.17) is 48.6 Å². The Kier molecular flexibility index (Phi) is 8.67. The summed E-state index contributed by atoms with van der Waals surface area (Å²) in [4.78, 5) is 29.4. The van der Waals surface area contributed by atoms with Crippen LogP contribution >= 0.6 is 23.2 Å². The molecule has 12 heteroatoms. The monoisotopic (exact) mass is 612 g/mol. The first-order chi connectivity index (χ1) is 20.3. The van der Waals surface area contributed by atoms with Crippen LogP contribution < -0.4 is 15.4 Å². The van der Waals surface area contributed by atoms with Gasteiger partial charge in [-0.1, -0.05) is 41.4 Å². The standard InChI is InChI=1S/C30H27Cl2FN4O5/c1-40-30(39)22-11-25(33)21(12-26(22)36-5-7-41-8-6-36)20-4-2-3-17-15-37(16-42-28(17)20)29(38)27-23(31)9-18(10-24(27)32)19(13-34)14-35/h2-4,9-14,34H,5-8,15-16,35H2,1H3/b19-14+,34-13?. The number of ether oxygens (including phenoxy) is 3. The highest BCUT2D eigenvalue weighted by Crippen LogP contribution is 2.41. The van der Waals surface area contributed by atoms with Gasteiger partial charge in [0.2, 0.25) is 0 Å². The Balaban J connectivity index is 1.48. The highest BCUT2D eigenvalue weighted by molar-refractivity contribution is 6.40. The van der Waals surface area contributed by atoms with Crippen LogP contribution in [0, 0.1) is 11.2 Å². The number of para-hydroxylation sites is 1. The van der Waals surface area contributed by atoms with Crippen molar-refractivity contribution in [2.45, 2.75) is 6.54 Å². The van der Waals surface area contributed by atoms with Gasteiger partial charge in [-0.25, -0.2) is 9.18 Å². The number of esters is 1. The second-order valence-corrected chi connectivity index (χ2v) is 10.4. The van der Waals surface area contributed by atoms with Crippen molar-refractivity contribution in [1.29, 1.82) is 5.41 Å². The Morgan fingerprint density at radius 1 is 1.10 bits per heavy atom. The number of allylic oxidation sites excluding steroid dienone is 1. The predicted octanol–water partition coefficient (Wildman–Crippen LogP) is 5.36. The molecule has 1 fully saturated rings. The summed E-state index contributed by atoms with van der Waals surface area (Å²) >= 11 is 12.9. The van der Waals surface area contributed by atoms with Crippen molar-refractivity contribution in [3.8, 4) is 16.9 Å². The van der Waals surface area contributed by atoms with Crippen molar-refractivity contribution in [3.63, 3.8) is 0 Å². The molecule has 2 heterocycles. The predicted molar refractivity (Wildman–Crippen MR) is 159 cm³/mol. The topological polar surface area (TPSA) is 118 Å². The lowest BCUT2D eigenvalue weighted by Crippen LogP contribution is -2.37. The zero-order chi connectivity index (χ0) is 30.0. The number of hydrogen-bond donors (Lipinski definition) is 2. The van der Waals surface area contributed by atoms with Crippen LogP contribution in [-0.2, 0) is 16.0 Å². The zero-order valence-corrected chi connectivity index (χ0v) is 24.1. The number of anilines is 1. The normalized spacial score (nSPS) is 15.1. The summed E-state index contributed by atoms with van der Waals surface area (Å²) < 4.78 is 32.0. The first-order valence-corrected chi connectivity index (χ1v) is 13.7. The first-order valence-electron chi connectivity index (χ1n) is 13.0. The lowest BCUT2D eigenvalue weighted by molar-refractivity contribution is 0.0515. The molecule has 3 N–H and O–H groups in total. The minimum absolute atomic E-state index is 0.0891. The van der Waals surface area contributed by atoms with E-state index in [2.05, 4.69) is 0 Å². The van der Waals surface area contributed by atoms with E-state index in [1.54, 1.807) is 24.3 Å². The smallest absolute Gasteiger partial charge is 0.340 e. The molecule has 0 unspecified atom stereocenters. The number of halogens is 3. The lowest BCUT2D eigenvalue weighted by atomic mass is 9.97. The summed E-state index contributed by atoms with van der Waals surface area (Å²) in [7, 11) is 1.26. The molecule has 5 rings (SSSR count). The van der Waals surface area contributed by atoms with Crippen LogP contribution in [0.3, 0.4) is 0 Å². The van der Waals surface area contributed by atoms with Crippen LogP contribution in [0.25, 0.3) is 16.7 Å². The number of fused-ring (bicyclic) bond motifs is 1. The number of nitrogens with two attached hydrogens (primary N) is 1. The molecule has 0 saturated carbocycles. The van der Waals surface area contributed by atoms with Gasteiger partial charge in [-0.3, -0.25) is 4.79 Å². The van der Waals surface area contributed by atoms with E-state index in [0.717, 1.165) is 6.21 Å². The number of nitrogens with one attached hydrogen (secondary N) is 1. The van der Waals surface area contributed by atoms with E-state index in [1.807, 2.05) is 4.90 Å². The fraction of sp³-hybridized carbons (Fsp3) is 0.233. The summed E-state index contributed by atoms with van der Waals surface area (Å²) in [5, 5.41) is 7.70. The lowest BCUT2D eigenvalue weighted by Gasteiger charge is -2.32. The van der Waals surface area contributed by atoms with Crippen LogP contribution in [0.15, 0.2) is 48.7 Å². The van der Waals surface area contributed by atoms with E-state index in [9.17, 15) is 9.59 Å². The SMILES string of the molecule is COC(=O)c1cc(F)c(-c2cccc3c2OCN(C(=O)c2c(Cl)cc(/C(C=N)=C/N)cc2Cl)C3)cc1N1CCOCC1. The molecule has 42 heavy (non-hydrogen) atoms. The van der Waals surface area contributed by atoms with Crippen molar-refractivity contribution >= 4 is 52.6 Å². The molecule has 1 saturated heterocycles. The van der Waals surface area contributed by atoms with Gasteiger partial charge in [0.05, 0.1) is 53.7 Å². The molecule has 1 amide bonds. The highest BCUT2D eigenvalue weighted by atomic mass is 35.5. The van der Waals surface area contributed by atoms with Crippen LogP contribution in [0.5, 0.6) is 5.75 Å². The van der Waals surface area contributed by atoms with Gasteiger partial charge in [0, 0.05) is 47.8 Å². The zero-order valence-electron chi connectivity index (χ0n) is 22.6. The van der Waals surface area contributed by atoms with E-state index in [1.165, 1.54) is 36.4 Å². The number of amides is 1. The molecule has 2 aliphatic heterocycles. The van der Waals surface area contributed by atoms with E-state index in [0.29, 0.717) is 60.0 Å². The van der Waals surface area contributed by atoms with E-state index >= 15 is 4.39 Å². The number of carbonyl (C=O) groups excluding carboxylic acids is 2. The van der Waals surface area contributed by atoms with Crippen molar-refractivity contribution in [3.05, 3.63) is 86.8 Å². The largest absolute Gasteiger partial charge is 0.472 e. The number of hydrogen-bond acceptors (Lipinski definition) is 8. The van der Waals surface area contributed by atoms with Gasteiger partial charge in [-0.2, -0.15) is 0 Å². The Morgan fingerprint density at radius 3 is 2.45 bits per heavy atom. The second kappa shape index (κ2) is 12.4. The Morgan fingerprint density at radius 2 is 1.81 bits per heavy atom. The van der Waals surface area contributed by atoms with Gasteiger partial charge in [-0.05, 0) is 29.8 Å². The molecule has 0 aromatic heterocycles. The van der Waals surface area contributed by atoms with Gasteiger partial charge in [0.25, 0.3) is 5.91 Å². The first kappa shape index (κ1) is 29.4. The molecule has 2 aliphatic rings. The van der Waals surface area contributed by atoms with Crippen LogP contribution in [0.1, 0.15) is 31.8 Å².